The lowest BCUT2D eigenvalue weighted by Gasteiger charge is -2.14. The zero-order valence-electron chi connectivity index (χ0n) is 23.2. The van der Waals surface area contributed by atoms with Crippen molar-refractivity contribution in [1.82, 2.24) is 14.9 Å². The zero-order valence-corrected chi connectivity index (χ0v) is 26.5. The molecule has 1 saturated heterocycles. The lowest BCUT2D eigenvalue weighted by molar-refractivity contribution is -0.380. The molecular formula is C23H39N5O9S4. The van der Waals surface area contributed by atoms with E-state index in [1.165, 1.54) is 22.7 Å². The Hall–Kier alpha value is -1.58. The molecule has 1 amide bonds. The number of amides is 1. The first-order valence-electron chi connectivity index (χ1n) is 12.7. The van der Waals surface area contributed by atoms with Gasteiger partial charge in [0.05, 0.1) is 75.5 Å². The molecule has 234 valence electrons. The lowest BCUT2D eigenvalue weighted by Crippen LogP contribution is -2.31. The van der Waals surface area contributed by atoms with Crippen LogP contribution in [0.3, 0.4) is 0 Å². The predicted molar refractivity (Wildman–Crippen MR) is 165 cm³/mol. The summed E-state index contributed by atoms with van der Waals surface area (Å²) in [7, 11) is -3.10. The molecule has 2 heterocycles. The summed E-state index contributed by atoms with van der Waals surface area (Å²) in [6.45, 7) is 8.67. The maximum Gasteiger partial charge on any atom is 0.324 e. The summed E-state index contributed by atoms with van der Waals surface area (Å²) in [5.41, 5.74) is 5.20. The summed E-state index contributed by atoms with van der Waals surface area (Å²) in [5, 5.41) is 13.9. The van der Waals surface area contributed by atoms with Crippen LogP contribution in [0.15, 0.2) is 17.0 Å². The Morgan fingerprint density at radius 2 is 1.66 bits per heavy atom. The molecule has 1 aliphatic rings. The molecule has 2 rings (SSSR count). The number of nitrogens with two attached hydrogens (primary N) is 1. The van der Waals surface area contributed by atoms with Gasteiger partial charge in [-0.1, -0.05) is 42.2 Å². The first kappa shape index (κ1) is 37.4. The highest BCUT2D eigenvalue weighted by Gasteiger charge is 2.31. The third kappa shape index (κ3) is 17.9. The summed E-state index contributed by atoms with van der Waals surface area (Å²) in [6, 6.07) is 3.04. The third-order valence-corrected chi connectivity index (χ3v) is 7.78. The van der Waals surface area contributed by atoms with Crippen LogP contribution in [0.25, 0.3) is 6.08 Å². The monoisotopic (exact) mass is 657 g/mol. The number of rotatable bonds is 21. The van der Waals surface area contributed by atoms with Gasteiger partial charge >= 0.3 is 5.00 Å². The van der Waals surface area contributed by atoms with Gasteiger partial charge in [-0.2, -0.15) is 0 Å². The zero-order chi connectivity index (χ0) is 30.5. The Morgan fingerprint density at radius 1 is 1.05 bits per heavy atom. The molecule has 4 N–H and O–H groups in total. The van der Waals surface area contributed by atoms with Gasteiger partial charge in [-0.3, -0.25) is 19.8 Å². The molecule has 0 unspecified atom stereocenters. The molecule has 1 aromatic rings. The maximum absolute atomic E-state index is 12.5. The van der Waals surface area contributed by atoms with Crippen LogP contribution >= 0.6 is 35.3 Å². The van der Waals surface area contributed by atoms with E-state index in [-0.39, 0.29) is 17.5 Å². The van der Waals surface area contributed by atoms with E-state index in [2.05, 4.69) is 10.0 Å². The van der Waals surface area contributed by atoms with Crippen molar-refractivity contribution in [3.05, 3.63) is 32.0 Å². The first-order chi connectivity index (χ1) is 19.6. The van der Waals surface area contributed by atoms with E-state index in [0.717, 1.165) is 30.7 Å². The predicted octanol–water partition coefficient (Wildman–Crippen LogP) is 1.03. The van der Waals surface area contributed by atoms with Gasteiger partial charge in [0.25, 0.3) is 5.91 Å². The number of nitrogens with one attached hydrogen (secondary N) is 2. The minimum absolute atomic E-state index is 0.0397. The molecule has 0 spiro atoms. The largest absolute Gasteiger partial charge is 0.378 e. The Kier molecular flexibility index (Phi) is 20.1. The van der Waals surface area contributed by atoms with Gasteiger partial charge in [-0.15, -0.1) is 0 Å². The van der Waals surface area contributed by atoms with Gasteiger partial charge in [0, 0.05) is 30.6 Å². The van der Waals surface area contributed by atoms with Crippen LogP contribution in [0.2, 0.25) is 0 Å². The van der Waals surface area contributed by atoms with E-state index in [4.69, 9.17) is 36.9 Å². The number of sulfonamides is 1. The Bertz CT molecular complexity index is 1070. The molecule has 1 fully saturated rings. The summed E-state index contributed by atoms with van der Waals surface area (Å²) < 4.78 is 45.0. The van der Waals surface area contributed by atoms with Crippen molar-refractivity contribution in [3.63, 3.8) is 0 Å². The van der Waals surface area contributed by atoms with Crippen molar-refractivity contribution < 1.29 is 37.1 Å². The molecule has 0 saturated carbocycles. The van der Waals surface area contributed by atoms with Crippen molar-refractivity contribution in [1.29, 1.82) is 0 Å². The highest BCUT2D eigenvalue weighted by Crippen LogP contribution is 2.34. The molecule has 0 bridgehead atoms. The molecule has 1 aliphatic heterocycles. The van der Waals surface area contributed by atoms with Gasteiger partial charge < -0.3 is 30.0 Å². The number of thiocarbonyl (C=S) groups is 1. The van der Waals surface area contributed by atoms with Gasteiger partial charge in [0.1, 0.15) is 4.32 Å². The minimum atomic E-state index is -3.10. The number of hydrogen-bond donors (Lipinski definition) is 3. The fourth-order valence-corrected chi connectivity index (χ4v) is 5.44. The molecule has 0 aromatic carbocycles. The number of thioether (sulfide) groups is 1. The Labute approximate surface area is 254 Å². The molecule has 0 atom stereocenters. The standard InChI is InChI=1S/C16H21N3O5S3.C7H18N2O4S/c1-2-17-5-7-23-9-10-24-8-6-18-15(20)13(27-16(18)25)11-12-3-4-14(26-12)19(21)22;1-14(10,11)9-3-5-13-7-6-12-4-2-8/h3-4,11,17H,2,5-10H2,1H3;9H,2-8H2,1H3/b13-11-;. The molecule has 14 nitrogen and oxygen atoms in total. The van der Waals surface area contributed by atoms with Crippen LogP contribution in [0.5, 0.6) is 0 Å². The second-order valence-corrected chi connectivity index (χ2v) is 12.6. The fraction of sp³-hybridized carbons (Fsp3) is 0.652. The van der Waals surface area contributed by atoms with E-state index in [1.807, 2.05) is 6.92 Å². The molecule has 0 aliphatic carbocycles. The van der Waals surface area contributed by atoms with E-state index < -0.39 is 14.9 Å². The Balaban J connectivity index is 0.000000509. The van der Waals surface area contributed by atoms with Crippen LogP contribution in [-0.4, -0.2) is 120 Å². The Morgan fingerprint density at radius 3 is 2.22 bits per heavy atom. The van der Waals surface area contributed by atoms with Crippen molar-refractivity contribution in [2.45, 2.75) is 6.92 Å². The van der Waals surface area contributed by atoms with E-state index in [0.29, 0.717) is 80.0 Å². The lowest BCUT2D eigenvalue weighted by atomic mass is 10.3. The number of nitro groups is 1. The van der Waals surface area contributed by atoms with E-state index in [1.54, 1.807) is 12.1 Å². The number of thiophene rings is 1. The van der Waals surface area contributed by atoms with Crippen molar-refractivity contribution in [2.24, 2.45) is 5.73 Å². The molecule has 0 radical (unpaired) electrons. The van der Waals surface area contributed by atoms with Crippen molar-refractivity contribution in [2.75, 3.05) is 91.8 Å². The summed E-state index contributed by atoms with van der Waals surface area (Å²) >= 11 is 7.47. The topological polar surface area (TPSA) is 185 Å². The first-order valence-corrected chi connectivity index (χ1v) is 16.7. The second-order valence-electron chi connectivity index (χ2n) is 8.02. The van der Waals surface area contributed by atoms with Gasteiger partial charge in [0.15, 0.2) is 0 Å². The van der Waals surface area contributed by atoms with Crippen LogP contribution < -0.4 is 15.8 Å². The number of hydrogen-bond acceptors (Lipinski definition) is 14. The average molecular weight is 658 g/mol. The molecular weight excluding hydrogens is 619 g/mol. The number of nitrogens with zero attached hydrogens (tertiary/aromatic N) is 2. The van der Waals surface area contributed by atoms with Crippen LogP contribution in [0, 0.1) is 10.1 Å². The SMILES string of the molecule is CCNCCOCCOCCN1C(=O)/C(=C/c2ccc([N+](=O)[O-])s2)SC1=S.CS(=O)(=O)NCCOCCOCCN. The third-order valence-electron chi connectivity index (χ3n) is 4.69. The van der Waals surface area contributed by atoms with Crippen LogP contribution in [0.1, 0.15) is 11.8 Å². The van der Waals surface area contributed by atoms with Gasteiger partial charge in [0.2, 0.25) is 10.0 Å². The van der Waals surface area contributed by atoms with Gasteiger partial charge in [-0.25, -0.2) is 13.1 Å². The van der Waals surface area contributed by atoms with Crippen molar-refractivity contribution in [3.8, 4) is 0 Å². The molecule has 18 heteroatoms. The van der Waals surface area contributed by atoms with Gasteiger partial charge in [-0.05, 0) is 18.7 Å². The average Bonchev–Trinajstić information content (AvgIpc) is 3.49. The minimum Gasteiger partial charge on any atom is -0.378 e. The summed E-state index contributed by atoms with van der Waals surface area (Å²) in [6.07, 6.45) is 2.74. The van der Waals surface area contributed by atoms with Crippen LogP contribution in [-0.2, 0) is 33.8 Å². The van der Waals surface area contributed by atoms with Crippen molar-refractivity contribution >= 4 is 66.6 Å². The van der Waals surface area contributed by atoms with E-state index in [9.17, 15) is 23.3 Å². The fourth-order valence-electron chi connectivity index (χ4n) is 2.84. The second kappa shape index (κ2) is 22.0. The highest BCUT2D eigenvalue weighted by atomic mass is 32.2. The molecule has 1 aromatic heterocycles. The number of carbonyl (C=O) groups is 1. The number of ether oxygens (including phenoxy) is 4. The summed E-state index contributed by atoms with van der Waals surface area (Å²) in [5.74, 6) is -0.202. The smallest absolute Gasteiger partial charge is 0.324 e. The normalized spacial score (nSPS) is 14.5. The molecule has 41 heavy (non-hydrogen) atoms. The van der Waals surface area contributed by atoms with E-state index >= 15 is 0 Å². The highest BCUT2D eigenvalue weighted by molar-refractivity contribution is 8.26. The summed E-state index contributed by atoms with van der Waals surface area (Å²) in [4.78, 5) is 25.4. The quantitative estimate of drug-likeness (QED) is 0.0560. The van der Waals surface area contributed by atoms with Crippen LogP contribution in [0.4, 0.5) is 5.00 Å². The number of carbonyl (C=O) groups excluding carboxylic acids is 1. The maximum atomic E-state index is 12.5. The number of likely N-dealkylation sites (N-methyl/N-ethyl adjacent to an activating group) is 1.